The highest BCUT2D eigenvalue weighted by molar-refractivity contribution is 6.11. The zero-order valence-electron chi connectivity index (χ0n) is 10.8. The number of nitrogens with one attached hydrogen (secondary N) is 2. The molecular weight excluding hydrogens is 258 g/mol. The van der Waals surface area contributed by atoms with Gasteiger partial charge in [-0.25, -0.2) is 0 Å². The lowest BCUT2D eigenvalue weighted by atomic mass is 10.1. The van der Waals surface area contributed by atoms with Gasteiger partial charge < -0.3 is 10.3 Å². The van der Waals surface area contributed by atoms with Crippen LogP contribution in [0.3, 0.4) is 0 Å². The number of hydrogen-bond acceptors (Lipinski definition) is 3. The van der Waals surface area contributed by atoms with Gasteiger partial charge >= 0.3 is 0 Å². The Balaban J connectivity index is 1.85. The lowest BCUT2D eigenvalue weighted by Crippen LogP contribution is -2.40. The largest absolute Gasteiger partial charge is 0.361 e. The normalized spacial score (nSPS) is 18.9. The number of carbonyl (C=O) groups is 3. The Labute approximate surface area is 114 Å². The van der Waals surface area contributed by atoms with E-state index in [0.29, 0.717) is 5.56 Å². The minimum absolute atomic E-state index is 0.0180. The second kappa shape index (κ2) is 4.48. The molecule has 3 amide bonds. The fourth-order valence-electron chi connectivity index (χ4n) is 2.39. The summed E-state index contributed by atoms with van der Waals surface area (Å²) >= 11 is 0. The first-order valence-corrected chi connectivity index (χ1v) is 6.25. The molecule has 102 valence electrons. The van der Waals surface area contributed by atoms with Gasteiger partial charge in [-0.3, -0.25) is 19.3 Å². The average Bonchev–Trinajstić information content (AvgIpc) is 3.00. The Bertz CT molecular complexity index is 719. The minimum atomic E-state index is -0.769. The van der Waals surface area contributed by atoms with E-state index in [1.165, 1.54) is 7.05 Å². The molecule has 2 aromatic rings. The van der Waals surface area contributed by atoms with Crippen LogP contribution in [0.4, 0.5) is 0 Å². The van der Waals surface area contributed by atoms with Crippen LogP contribution in [0.2, 0.25) is 0 Å². The zero-order valence-corrected chi connectivity index (χ0v) is 10.8. The highest BCUT2D eigenvalue weighted by Gasteiger charge is 2.37. The number of fused-ring (bicyclic) bond motifs is 1. The van der Waals surface area contributed by atoms with Gasteiger partial charge in [-0.15, -0.1) is 0 Å². The highest BCUT2D eigenvalue weighted by Crippen LogP contribution is 2.18. The molecule has 0 spiro atoms. The van der Waals surface area contributed by atoms with Crippen molar-refractivity contribution < 1.29 is 14.4 Å². The van der Waals surface area contributed by atoms with Crippen LogP contribution in [-0.4, -0.2) is 40.7 Å². The van der Waals surface area contributed by atoms with Crippen molar-refractivity contribution in [2.75, 3.05) is 7.05 Å². The van der Waals surface area contributed by atoms with Crippen molar-refractivity contribution in [2.24, 2.45) is 0 Å². The van der Waals surface area contributed by atoms with E-state index >= 15 is 0 Å². The third-order valence-electron chi connectivity index (χ3n) is 3.53. The number of H-pyrrole nitrogens is 1. The fourth-order valence-corrected chi connectivity index (χ4v) is 2.39. The smallest absolute Gasteiger partial charge is 0.252 e. The van der Waals surface area contributed by atoms with Gasteiger partial charge in [-0.05, 0) is 18.2 Å². The Morgan fingerprint density at radius 1 is 1.35 bits per heavy atom. The number of rotatable bonds is 2. The number of amides is 3. The second-order valence-electron chi connectivity index (χ2n) is 4.77. The Morgan fingerprint density at radius 3 is 2.85 bits per heavy atom. The molecule has 1 unspecified atom stereocenters. The van der Waals surface area contributed by atoms with Crippen LogP contribution >= 0.6 is 0 Å². The van der Waals surface area contributed by atoms with E-state index < -0.39 is 6.04 Å². The maximum atomic E-state index is 12.3. The molecule has 1 saturated heterocycles. The van der Waals surface area contributed by atoms with Crippen molar-refractivity contribution in [3.05, 3.63) is 36.0 Å². The molecule has 0 bridgehead atoms. The van der Waals surface area contributed by atoms with E-state index in [-0.39, 0.29) is 24.1 Å². The molecule has 1 atom stereocenters. The molecule has 1 aliphatic rings. The Kier molecular flexibility index (Phi) is 2.78. The molecule has 6 nitrogen and oxygen atoms in total. The summed E-state index contributed by atoms with van der Waals surface area (Å²) in [5, 5.41) is 3.41. The number of carbonyl (C=O) groups excluding carboxylic acids is 3. The van der Waals surface area contributed by atoms with E-state index in [1.54, 1.807) is 24.4 Å². The first-order valence-electron chi connectivity index (χ1n) is 6.25. The van der Waals surface area contributed by atoms with Crippen molar-refractivity contribution >= 4 is 28.6 Å². The van der Waals surface area contributed by atoms with Crippen LogP contribution in [0.15, 0.2) is 30.5 Å². The summed E-state index contributed by atoms with van der Waals surface area (Å²) in [6.45, 7) is 0. The predicted molar refractivity (Wildman–Crippen MR) is 71.9 cm³/mol. The van der Waals surface area contributed by atoms with Crippen molar-refractivity contribution in [1.29, 1.82) is 0 Å². The molecule has 3 rings (SSSR count). The summed E-state index contributed by atoms with van der Waals surface area (Å²) < 4.78 is 0. The molecule has 1 aromatic heterocycles. The summed E-state index contributed by atoms with van der Waals surface area (Å²) in [6.07, 6.45) is 1.77. The topological polar surface area (TPSA) is 82.3 Å². The van der Waals surface area contributed by atoms with E-state index in [4.69, 9.17) is 0 Å². The minimum Gasteiger partial charge on any atom is -0.361 e. The van der Waals surface area contributed by atoms with Gasteiger partial charge in [0.2, 0.25) is 5.91 Å². The van der Waals surface area contributed by atoms with Crippen molar-refractivity contribution in [1.82, 2.24) is 15.2 Å². The predicted octanol–water partition coefficient (Wildman–Crippen LogP) is 0.655. The maximum absolute atomic E-state index is 12.3. The van der Waals surface area contributed by atoms with E-state index in [1.807, 2.05) is 6.07 Å². The molecule has 0 radical (unpaired) electrons. The third kappa shape index (κ3) is 1.85. The lowest BCUT2D eigenvalue weighted by molar-refractivity contribution is -0.137. The second-order valence-corrected chi connectivity index (χ2v) is 4.77. The van der Waals surface area contributed by atoms with Crippen LogP contribution in [0.1, 0.15) is 16.8 Å². The van der Waals surface area contributed by atoms with E-state index in [9.17, 15) is 14.4 Å². The van der Waals surface area contributed by atoms with Gasteiger partial charge in [-0.1, -0.05) is 6.07 Å². The number of likely N-dealkylation sites (tertiary alicyclic amines) is 1. The van der Waals surface area contributed by atoms with Gasteiger partial charge in [0.25, 0.3) is 11.8 Å². The van der Waals surface area contributed by atoms with Crippen LogP contribution in [0.25, 0.3) is 10.9 Å². The number of likely N-dealkylation sites (N-methyl/N-ethyl adjacent to an activating group) is 1. The van der Waals surface area contributed by atoms with Gasteiger partial charge in [0.1, 0.15) is 6.04 Å². The number of benzene rings is 1. The molecule has 1 fully saturated rings. The Morgan fingerprint density at radius 2 is 2.15 bits per heavy atom. The average molecular weight is 271 g/mol. The fraction of sp³-hybridized carbons (Fsp3) is 0.214. The standard InChI is InChI=1S/C14H13N3O3/c1-17-12(18)7-11(14(17)20)16-13(19)9-3-2-4-10-8(9)5-6-15-10/h2-6,11,15H,7H2,1H3,(H,16,19). The SMILES string of the molecule is CN1C(=O)CC(NC(=O)c2cccc3[nH]ccc23)C1=O. The van der Waals surface area contributed by atoms with Crippen molar-refractivity contribution in [3.8, 4) is 0 Å². The molecular formula is C14H13N3O3. The number of aromatic nitrogens is 1. The van der Waals surface area contributed by atoms with Crippen LogP contribution in [0.5, 0.6) is 0 Å². The summed E-state index contributed by atoms with van der Waals surface area (Å²) in [5.41, 5.74) is 1.34. The number of imide groups is 1. The number of aromatic amines is 1. The van der Waals surface area contributed by atoms with Crippen LogP contribution < -0.4 is 5.32 Å². The summed E-state index contributed by atoms with van der Waals surface area (Å²) in [6, 6.07) is 6.36. The molecule has 2 heterocycles. The lowest BCUT2D eigenvalue weighted by Gasteiger charge is -2.11. The van der Waals surface area contributed by atoms with E-state index in [0.717, 1.165) is 15.8 Å². The number of hydrogen-bond donors (Lipinski definition) is 2. The van der Waals surface area contributed by atoms with Gasteiger partial charge in [-0.2, -0.15) is 0 Å². The van der Waals surface area contributed by atoms with Gasteiger partial charge in [0.15, 0.2) is 0 Å². The zero-order chi connectivity index (χ0) is 14.3. The summed E-state index contributed by atoms with van der Waals surface area (Å²) in [4.78, 5) is 39.5. The van der Waals surface area contributed by atoms with Gasteiger partial charge in [0, 0.05) is 29.7 Å². The van der Waals surface area contributed by atoms with Crippen molar-refractivity contribution in [2.45, 2.75) is 12.5 Å². The molecule has 0 aliphatic carbocycles. The molecule has 2 N–H and O–H groups in total. The van der Waals surface area contributed by atoms with Crippen LogP contribution in [0, 0.1) is 0 Å². The maximum Gasteiger partial charge on any atom is 0.252 e. The first kappa shape index (κ1) is 12.4. The molecule has 0 saturated carbocycles. The number of nitrogens with zero attached hydrogens (tertiary/aromatic N) is 1. The summed E-state index contributed by atoms with van der Waals surface area (Å²) in [5.74, 6) is -0.999. The first-order chi connectivity index (χ1) is 9.58. The monoisotopic (exact) mass is 271 g/mol. The van der Waals surface area contributed by atoms with Crippen molar-refractivity contribution in [3.63, 3.8) is 0 Å². The Hall–Kier alpha value is -2.63. The molecule has 1 aliphatic heterocycles. The molecule has 1 aromatic carbocycles. The van der Waals surface area contributed by atoms with Gasteiger partial charge in [0.05, 0.1) is 6.42 Å². The quantitative estimate of drug-likeness (QED) is 0.787. The third-order valence-corrected chi connectivity index (χ3v) is 3.53. The van der Waals surface area contributed by atoms with E-state index in [2.05, 4.69) is 10.3 Å². The molecule has 20 heavy (non-hydrogen) atoms. The highest BCUT2D eigenvalue weighted by atomic mass is 16.2. The van der Waals surface area contributed by atoms with Crippen LogP contribution in [-0.2, 0) is 9.59 Å². The molecule has 6 heteroatoms. The summed E-state index contributed by atoms with van der Waals surface area (Å²) in [7, 11) is 1.42.